The molecule has 0 aliphatic heterocycles. The van der Waals surface area contributed by atoms with Gasteiger partial charge in [0.1, 0.15) is 0 Å². The quantitative estimate of drug-likeness (QED) is 0.170. The summed E-state index contributed by atoms with van der Waals surface area (Å²) in [6.07, 6.45) is 7.04. The molecular weight excluding hydrogens is 484 g/mol. The predicted octanol–water partition coefficient (Wildman–Crippen LogP) is 7.53. The number of esters is 2. The van der Waals surface area contributed by atoms with E-state index in [-0.39, 0.29) is 17.9 Å². The topological polar surface area (TPSA) is 52.6 Å². The van der Waals surface area contributed by atoms with Crippen molar-refractivity contribution in [3.05, 3.63) is 155 Å². The average molecular weight is 519 g/mol. The molecule has 0 aliphatic carbocycles. The van der Waals surface area contributed by atoms with Gasteiger partial charge in [-0.15, -0.1) is 0 Å². The Bertz CT molecular complexity index is 1330. The van der Waals surface area contributed by atoms with Crippen LogP contribution in [-0.2, 0) is 25.5 Å². The second-order valence-corrected chi connectivity index (χ2v) is 8.77. The Morgan fingerprint density at radius 3 is 1.72 bits per heavy atom. The van der Waals surface area contributed by atoms with Gasteiger partial charge >= 0.3 is 11.9 Å². The van der Waals surface area contributed by atoms with Crippen molar-refractivity contribution >= 4 is 24.1 Å². The van der Waals surface area contributed by atoms with Crippen LogP contribution in [0.15, 0.2) is 133 Å². The highest BCUT2D eigenvalue weighted by molar-refractivity contribution is 5.94. The van der Waals surface area contributed by atoms with E-state index in [4.69, 9.17) is 9.47 Å². The Morgan fingerprint density at radius 2 is 1.18 bits per heavy atom. The van der Waals surface area contributed by atoms with Crippen molar-refractivity contribution in [2.24, 2.45) is 0 Å². The summed E-state index contributed by atoms with van der Waals surface area (Å²) < 4.78 is 9.75. The maximum atomic E-state index is 11.9. The molecule has 4 aromatic carbocycles. The van der Waals surface area contributed by atoms with Crippen molar-refractivity contribution in [3.63, 3.8) is 0 Å². The minimum absolute atomic E-state index is 0.190. The second kappa shape index (κ2) is 16.2. The van der Waals surface area contributed by atoms with Crippen LogP contribution in [0.4, 0.5) is 0 Å². The lowest BCUT2D eigenvalue weighted by Gasteiger charge is -2.15. The van der Waals surface area contributed by atoms with Gasteiger partial charge in [0.15, 0.2) is 0 Å². The van der Waals surface area contributed by atoms with Crippen molar-refractivity contribution in [1.29, 1.82) is 0 Å². The van der Waals surface area contributed by atoms with Crippen molar-refractivity contribution in [3.8, 4) is 0 Å². The van der Waals surface area contributed by atoms with Gasteiger partial charge in [0.05, 0.1) is 20.1 Å². The lowest BCUT2D eigenvalue weighted by atomic mass is 9.92. The molecule has 4 rings (SSSR count). The highest BCUT2D eigenvalue weighted by atomic mass is 16.5. The molecule has 0 bridgehead atoms. The summed E-state index contributed by atoms with van der Waals surface area (Å²) in [4.78, 5) is 23.7. The van der Waals surface area contributed by atoms with E-state index in [1.807, 2.05) is 140 Å². The average Bonchev–Trinajstić information content (AvgIpc) is 3.01. The monoisotopic (exact) mass is 518 g/mol. The summed E-state index contributed by atoms with van der Waals surface area (Å²) in [7, 11) is 2.84. The molecular formula is C35H34O4. The van der Waals surface area contributed by atoms with E-state index < -0.39 is 0 Å². The zero-order chi connectivity index (χ0) is 27.7. The highest BCUT2D eigenvalue weighted by Crippen LogP contribution is 2.22. The van der Waals surface area contributed by atoms with Gasteiger partial charge in [0.2, 0.25) is 0 Å². The summed E-state index contributed by atoms with van der Waals surface area (Å²) in [5.41, 5.74) is 4.87. The molecule has 0 radical (unpaired) electrons. The zero-order valence-electron chi connectivity index (χ0n) is 22.4. The molecule has 0 aliphatic rings. The van der Waals surface area contributed by atoms with Crippen LogP contribution in [-0.4, -0.2) is 26.2 Å². The summed E-state index contributed by atoms with van der Waals surface area (Å²) in [5.74, 6) is -0.722. The summed E-state index contributed by atoms with van der Waals surface area (Å²) >= 11 is 0. The molecule has 0 amide bonds. The van der Waals surface area contributed by atoms with Crippen LogP contribution < -0.4 is 0 Å². The molecule has 0 heterocycles. The van der Waals surface area contributed by atoms with Gasteiger partial charge in [0, 0.05) is 5.57 Å². The molecule has 0 aromatic heterocycles. The number of hydrogen-bond donors (Lipinski definition) is 0. The van der Waals surface area contributed by atoms with Gasteiger partial charge in [-0.25, -0.2) is 4.79 Å². The first-order valence-corrected chi connectivity index (χ1v) is 12.8. The first kappa shape index (κ1) is 28.9. The number of rotatable bonds is 9. The van der Waals surface area contributed by atoms with Gasteiger partial charge in [-0.3, -0.25) is 4.79 Å². The number of carbonyl (C=O) groups is 2. The number of allylic oxidation sites excluding steroid dienone is 1. The summed E-state index contributed by atoms with van der Waals surface area (Å²) in [5, 5.41) is 0. The van der Waals surface area contributed by atoms with E-state index in [2.05, 4.69) is 0 Å². The van der Waals surface area contributed by atoms with E-state index in [1.54, 1.807) is 0 Å². The molecule has 0 fully saturated rings. The molecule has 1 atom stereocenters. The molecule has 1 unspecified atom stereocenters. The maximum absolute atomic E-state index is 11.9. The molecule has 4 nitrogen and oxygen atoms in total. The Balaban J connectivity index is 0.000000218. The van der Waals surface area contributed by atoms with Crippen molar-refractivity contribution in [2.45, 2.75) is 18.8 Å². The number of ether oxygens (including phenoxy) is 2. The normalized spacial score (nSPS) is 11.7. The molecule has 4 heteroatoms. The number of methoxy groups -OCH3 is 2. The third kappa shape index (κ3) is 9.94. The molecule has 4 aromatic rings. The lowest BCUT2D eigenvalue weighted by Crippen LogP contribution is -2.16. The van der Waals surface area contributed by atoms with E-state index in [0.29, 0.717) is 18.4 Å². The van der Waals surface area contributed by atoms with Gasteiger partial charge in [-0.05, 0) is 41.2 Å². The minimum Gasteiger partial charge on any atom is -0.469 e. The lowest BCUT2D eigenvalue weighted by molar-refractivity contribution is -0.142. The van der Waals surface area contributed by atoms with E-state index >= 15 is 0 Å². The first-order valence-electron chi connectivity index (χ1n) is 12.8. The van der Waals surface area contributed by atoms with Crippen LogP contribution in [0, 0.1) is 0 Å². The third-order valence-electron chi connectivity index (χ3n) is 6.01. The van der Waals surface area contributed by atoms with Crippen molar-refractivity contribution in [2.75, 3.05) is 14.2 Å². The van der Waals surface area contributed by atoms with Crippen LogP contribution in [0.1, 0.15) is 34.6 Å². The van der Waals surface area contributed by atoms with Gasteiger partial charge in [-0.2, -0.15) is 0 Å². The largest absolute Gasteiger partial charge is 0.469 e. The molecule has 0 N–H and O–H groups in total. The van der Waals surface area contributed by atoms with E-state index in [9.17, 15) is 9.59 Å². The van der Waals surface area contributed by atoms with Crippen LogP contribution in [0.25, 0.3) is 12.2 Å². The zero-order valence-corrected chi connectivity index (χ0v) is 22.4. The molecule has 0 saturated carbocycles. The van der Waals surface area contributed by atoms with Gasteiger partial charge in [0.25, 0.3) is 0 Å². The fourth-order valence-electron chi connectivity index (χ4n) is 3.98. The van der Waals surface area contributed by atoms with E-state index in [0.717, 1.165) is 22.3 Å². The van der Waals surface area contributed by atoms with Gasteiger partial charge in [-0.1, -0.05) is 133 Å². The fraction of sp³-hybridized carbons (Fsp3) is 0.143. The second-order valence-electron chi connectivity index (χ2n) is 8.77. The minimum atomic E-state index is -0.295. The Morgan fingerprint density at radius 1 is 0.667 bits per heavy atom. The number of hydrogen-bond acceptors (Lipinski definition) is 4. The molecule has 39 heavy (non-hydrogen) atoms. The third-order valence-corrected chi connectivity index (χ3v) is 6.01. The molecule has 0 spiro atoms. The van der Waals surface area contributed by atoms with Gasteiger partial charge < -0.3 is 9.47 Å². The highest BCUT2D eigenvalue weighted by Gasteiger charge is 2.21. The summed E-state index contributed by atoms with van der Waals surface area (Å²) in [6, 6.07) is 39.5. The predicted molar refractivity (Wildman–Crippen MR) is 158 cm³/mol. The van der Waals surface area contributed by atoms with Crippen molar-refractivity contribution in [1.82, 2.24) is 0 Å². The fourth-order valence-corrected chi connectivity index (χ4v) is 3.98. The Hall–Kier alpha value is -4.70. The van der Waals surface area contributed by atoms with Crippen LogP contribution in [0.2, 0.25) is 0 Å². The smallest absolute Gasteiger partial charge is 0.334 e. The SMILES string of the molecule is COC(=O)C(=Cc1ccccc1)CC=Cc1ccccc1.COC(=O)C(Cc1ccccc1)c1ccccc1. The molecule has 198 valence electrons. The maximum Gasteiger partial charge on any atom is 0.334 e. The molecule has 0 saturated heterocycles. The van der Waals surface area contributed by atoms with Crippen LogP contribution in [0.3, 0.4) is 0 Å². The van der Waals surface area contributed by atoms with E-state index in [1.165, 1.54) is 14.2 Å². The first-order chi connectivity index (χ1) is 19.1. The van der Waals surface area contributed by atoms with Crippen LogP contribution >= 0.6 is 0 Å². The Kier molecular flexibility index (Phi) is 12.0. The van der Waals surface area contributed by atoms with Crippen LogP contribution in [0.5, 0.6) is 0 Å². The van der Waals surface area contributed by atoms with Crippen molar-refractivity contribution < 1.29 is 19.1 Å². The number of carbonyl (C=O) groups excluding carboxylic acids is 2. The number of benzene rings is 4. The Labute approximate surface area is 231 Å². The standard InChI is InChI=1S/C19H18O2.C16H16O2/c1-21-19(20)18(15-17-11-6-3-7-12-17)14-8-13-16-9-4-2-5-10-16;1-18-16(17)15(14-10-6-3-7-11-14)12-13-8-4-2-5-9-13/h2-13,15H,14H2,1H3;2-11,15H,12H2,1H3. The summed E-state index contributed by atoms with van der Waals surface area (Å²) in [6.45, 7) is 0.